The smallest absolute Gasteiger partial charge is 0.305 e. The van der Waals surface area contributed by atoms with Gasteiger partial charge in [-0.2, -0.15) is 16.2 Å². The SMILES string of the molecule is CC(CN)SCc1cccc([N+](=O)[O-])c1F. The van der Waals surface area contributed by atoms with Crippen LogP contribution in [-0.2, 0) is 5.75 Å². The summed E-state index contributed by atoms with van der Waals surface area (Å²) in [7, 11) is 0. The Morgan fingerprint density at radius 3 is 2.88 bits per heavy atom. The van der Waals surface area contributed by atoms with Crippen LogP contribution in [0.2, 0.25) is 0 Å². The lowest BCUT2D eigenvalue weighted by Gasteiger charge is -2.08. The third-order valence-corrected chi connectivity index (χ3v) is 3.35. The van der Waals surface area contributed by atoms with Gasteiger partial charge in [-0.3, -0.25) is 10.1 Å². The number of nitrogens with two attached hydrogens (primary N) is 1. The minimum absolute atomic E-state index is 0.207. The molecule has 1 unspecified atom stereocenters. The number of nitro benzene ring substituents is 1. The van der Waals surface area contributed by atoms with Crippen LogP contribution in [0.25, 0.3) is 0 Å². The van der Waals surface area contributed by atoms with Gasteiger partial charge in [-0.15, -0.1) is 0 Å². The van der Waals surface area contributed by atoms with Gasteiger partial charge in [0.15, 0.2) is 0 Å². The molecule has 0 aliphatic heterocycles. The number of nitro groups is 1. The molecule has 2 N–H and O–H groups in total. The van der Waals surface area contributed by atoms with Crippen molar-refractivity contribution in [2.45, 2.75) is 17.9 Å². The number of nitrogens with zero attached hydrogens (tertiary/aromatic N) is 1. The van der Waals surface area contributed by atoms with Gasteiger partial charge in [0.2, 0.25) is 5.82 Å². The van der Waals surface area contributed by atoms with Crippen molar-refractivity contribution in [3.05, 3.63) is 39.7 Å². The standard InChI is InChI=1S/C10H13FN2O2S/c1-7(5-12)16-6-8-3-2-4-9(10(8)11)13(14)15/h2-4,7H,5-6,12H2,1H3. The molecule has 0 bridgehead atoms. The summed E-state index contributed by atoms with van der Waals surface area (Å²) in [4.78, 5) is 9.79. The Kier molecular flexibility index (Phi) is 4.70. The molecule has 88 valence electrons. The van der Waals surface area contributed by atoms with Gasteiger partial charge in [-0.25, -0.2) is 0 Å². The first-order chi connectivity index (χ1) is 7.56. The van der Waals surface area contributed by atoms with Crippen LogP contribution < -0.4 is 5.73 Å². The maximum Gasteiger partial charge on any atom is 0.305 e. The number of hydrogen-bond acceptors (Lipinski definition) is 4. The largest absolute Gasteiger partial charge is 0.329 e. The van der Waals surface area contributed by atoms with Crippen molar-refractivity contribution in [2.24, 2.45) is 5.73 Å². The zero-order valence-electron chi connectivity index (χ0n) is 8.85. The van der Waals surface area contributed by atoms with Crippen LogP contribution in [0.1, 0.15) is 12.5 Å². The molecule has 0 fully saturated rings. The van der Waals surface area contributed by atoms with Gasteiger partial charge in [0.05, 0.1) is 4.92 Å². The third-order valence-electron chi connectivity index (χ3n) is 2.11. The number of benzene rings is 1. The normalized spacial score (nSPS) is 12.4. The minimum atomic E-state index is -0.746. The molecule has 16 heavy (non-hydrogen) atoms. The minimum Gasteiger partial charge on any atom is -0.329 e. The van der Waals surface area contributed by atoms with Gasteiger partial charge in [-0.05, 0) is 0 Å². The Balaban J connectivity index is 2.81. The van der Waals surface area contributed by atoms with Gasteiger partial charge in [0, 0.05) is 29.2 Å². The maximum atomic E-state index is 13.6. The second kappa shape index (κ2) is 5.81. The molecule has 0 aromatic heterocycles. The van der Waals surface area contributed by atoms with Crippen molar-refractivity contribution in [1.82, 2.24) is 0 Å². The number of hydrogen-bond donors (Lipinski definition) is 1. The average Bonchev–Trinajstić information content (AvgIpc) is 2.26. The van der Waals surface area contributed by atoms with E-state index in [4.69, 9.17) is 5.73 Å². The predicted octanol–water partition coefficient (Wildman–Crippen LogP) is 2.31. The van der Waals surface area contributed by atoms with Crippen molar-refractivity contribution in [3.8, 4) is 0 Å². The van der Waals surface area contributed by atoms with Gasteiger partial charge in [0.1, 0.15) is 0 Å². The molecule has 6 heteroatoms. The highest BCUT2D eigenvalue weighted by molar-refractivity contribution is 7.99. The molecule has 0 aliphatic rings. The van der Waals surface area contributed by atoms with Crippen molar-refractivity contribution in [2.75, 3.05) is 6.54 Å². The average molecular weight is 244 g/mol. The van der Waals surface area contributed by atoms with Crippen LogP contribution in [0.4, 0.5) is 10.1 Å². The molecule has 1 atom stereocenters. The first kappa shape index (κ1) is 12.9. The molecule has 0 saturated heterocycles. The van der Waals surface area contributed by atoms with Gasteiger partial charge < -0.3 is 5.73 Å². The van der Waals surface area contributed by atoms with Crippen LogP contribution in [0, 0.1) is 15.9 Å². The van der Waals surface area contributed by atoms with E-state index in [0.717, 1.165) is 6.07 Å². The highest BCUT2D eigenvalue weighted by atomic mass is 32.2. The van der Waals surface area contributed by atoms with Crippen LogP contribution >= 0.6 is 11.8 Å². The van der Waals surface area contributed by atoms with Gasteiger partial charge in [0.25, 0.3) is 0 Å². The summed E-state index contributed by atoms with van der Waals surface area (Å²) in [6, 6.07) is 4.21. The molecule has 1 aromatic rings. The molecule has 0 aliphatic carbocycles. The summed E-state index contributed by atoms with van der Waals surface area (Å²) in [5.41, 5.74) is 5.30. The summed E-state index contributed by atoms with van der Waals surface area (Å²) >= 11 is 1.48. The zero-order valence-corrected chi connectivity index (χ0v) is 9.67. The first-order valence-corrected chi connectivity index (χ1v) is 5.84. The summed E-state index contributed by atoms with van der Waals surface area (Å²) < 4.78 is 13.6. The lowest BCUT2D eigenvalue weighted by atomic mass is 10.2. The maximum absolute atomic E-state index is 13.6. The molecule has 0 radical (unpaired) electrons. The fraction of sp³-hybridized carbons (Fsp3) is 0.400. The van der Waals surface area contributed by atoms with E-state index in [1.54, 1.807) is 6.07 Å². The first-order valence-electron chi connectivity index (χ1n) is 4.79. The number of halogens is 1. The van der Waals surface area contributed by atoms with E-state index in [9.17, 15) is 14.5 Å². The number of thioether (sulfide) groups is 1. The summed E-state index contributed by atoms with van der Waals surface area (Å²) in [5, 5.41) is 10.7. The summed E-state index contributed by atoms with van der Waals surface area (Å²) in [5.74, 6) is -0.351. The highest BCUT2D eigenvalue weighted by Crippen LogP contribution is 2.25. The Labute approximate surface area is 97.2 Å². The van der Waals surface area contributed by atoms with Crippen molar-refractivity contribution in [3.63, 3.8) is 0 Å². The predicted molar refractivity (Wildman–Crippen MR) is 62.9 cm³/mol. The van der Waals surface area contributed by atoms with Gasteiger partial charge >= 0.3 is 5.69 Å². The molecule has 0 saturated carbocycles. The summed E-state index contributed by atoms with van der Waals surface area (Å²) in [6.45, 7) is 2.43. The summed E-state index contributed by atoms with van der Waals surface area (Å²) in [6.07, 6.45) is 0. The molecular formula is C10H13FN2O2S. The second-order valence-electron chi connectivity index (χ2n) is 3.36. The van der Waals surface area contributed by atoms with Crippen LogP contribution in [0.5, 0.6) is 0 Å². The Hall–Kier alpha value is -1.14. The highest BCUT2D eigenvalue weighted by Gasteiger charge is 2.17. The zero-order chi connectivity index (χ0) is 12.1. The lowest BCUT2D eigenvalue weighted by Crippen LogP contribution is -2.12. The molecule has 0 amide bonds. The van der Waals surface area contributed by atoms with E-state index in [1.807, 2.05) is 6.92 Å². The Morgan fingerprint density at radius 2 is 2.31 bits per heavy atom. The van der Waals surface area contributed by atoms with E-state index in [1.165, 1.54) is 17.8 Å². The molecule has 0 spiro atoms. The van der Waals surface area contributed by atoms with Gasteiger partial charge in [-0.1, -0.05) is 19.1 Å². The molecule has 1 aromatic carbocycles. The van der Waals surface area contributed by atoms with Crippen molar-refractivity contribution in [1.29, 1.82) is 0 Å². The topological polar surface area (TPSA) is 69.2 Å². The van der Waals surface area contributed by atoms with E-state index in [2.05, 4.69) is 0 Å². The molecule has 0 heterocycles. The van der Waals surface area contributed by atoms with E-state index in [0.29, 0.717) is 17.9 Å². The van der Waals surface area contributed by atoms with E-state index >= 15 is 0 Å². The molecule has 4 nitrogen and oxygen atoms in total. The van der Waals surface area contributed by atoms with Crippen LogP contribution in [0.3, 0.4) is 0 Å². The van der Waals surface area contributed by atoms with E-state index in [-0.39, 0.29) is 5.25 Å². The quantitative estimate of drug-likeness (QED) is 0.637. The van der Waals surface area contributed by atoms with Crippen LogP contribution in [0.15, 0.2) is 18.2 Å². The second-order valence-corrected chi connectivity index (χ2v) is 4.79. The monoisotopic (exact) mass is 244 g/mol. The fourth-order valence-electron chi connectivity index (χ4n) is 1.12. The Bertz CT molecular complexity index is 387. The Morgan fingerprint density at radius 1 is 1.62 bits per heavy atom. The fourth-order valence-corrected chi connectivity index (χ4v) is 1.94. The number of rotatable bonds is 5. The molecule has 1 rings (SSSR count). The van der Waals surface area contributed by atoms with Crippen molar-refractivity contribution >= 4 is 17.4 Å². The lowest BCUT2D eigenvalue weighted by molar-refractivity contribution is -0.387. The van der Waals surface area contributed by atoms with Crippen molar-refractivity contribution < 1.29 is 9.31 Å². The van der Waals surface area contributed by atoms with Crippen LogP contribution in [-0.4, -0.2) is 16.7 Å². The molecular weight excluding hydrogens is 231 g/mol. The third kappa shape index (κ3) is 3.18. The van der Waals surface area contributed by atoms with E-state index < -0.39 is 16.4 Å².